The number of hydrogen-bond acceptors (Lipinski definition) is 4. The average molecular weight is 223 g/mol. The van der Waals surface area contributed by atoms with Crippen LogP contribution in [0.3, 0.4) is 0 Å². The molecule has 0 fully saturated rings. The lowest BCUT2D eigenvalue weighted by molar-refractivity contribution is -0.119. The van der Waals surface area contributed by atoms with Crippen LogP contribution in [0.5, 0.6) is 5.88 Å². The third-order valence-electron chi connectivity index (χ3n) is 2.27. The first kappa shape index (κ1) is 12.4. The van der Waals surface area contributed by atoms with Gasteiger partial charge in [0.05, 0.1) is 7.11 Å². The first-order chi connectivity index (χ1) is 7.69. The van der Waals surface area contributed by atoms with Crippen LogP contribution in [0, 0.1) is 5.92 Å². The van der Waals surface area contributed by atoms with E-state index in [1.165, 1.54) is 7.11 Å². The number of carbonyl (C=O) groups excluding carboxylic acids is 1. The lowest BCUT2D eigenvalue weighted by atomic mass is 10.1. The van der Waals surface area contributed by atoms with Crippen molar-refractivity contribution in [1.29, 1.82) is 0 Å². The summed E-state index contributed by atoms with van der Waals surface area (Å²) in [6.07, 6.45) is 2.27. The van der Waals surface area contributed by atoms with Crippen molar-refractivity contribution in [3.05, 3.63) is 18.3 Å². The van der Waals surface area contributed by atoms with Gasteiger partial charge in [0, 0.05) is 12.1 Å². The second-order valence-corrected chi connectivity index (χ2v) is 3.53. The van der Waals surface area contributed by atoms with E-state index < -0.39 is 0 Å². The fourth-order valence-electron chi connectivity index (χ4n) is 1.29. The van der Waals surface area contributed by atoms with Crippen LogP contribution in [0.15, 0.2) is 18.3 Å². The van der Waals surface area contributed by atoms with E-state index in [1.54, 1.807) is 18.3 Å². The summed E-state index contributed by atoms with van der Waals surface area (Å²) in [5.74, 6) is 0.225. The normalized spacial score (nSPS) is 11.9. The highest BCUT2D eigenvalue weighted by molar-refractivity contribution is 5.93. The van der Waals surface area contributed by atoms with Crippen molar-refractivity contribution in [3.63, 3.8) is 0 Å². The SMILES string of the molecule is COc1ncccc1NC(=O)C(C)CCN. The first-order valence-electron chi connectivity index (χ1n) is 5.19. The summed E-state index contributed by atoms with van der Waals surface area (Å²) in [4.78, 5) is 15.7. The monoisotopic (exact) mass is 223 g/mol. The standard InChI is InChI=1S/C11H17N3O2/c1-8(5-6-12)10(15)14-9-4-3-7-13-11(9)16-2/h3-4,7-8H,5-6,12H2,1-2H3,(H,14,15). The maximum Gasteiger partial charge on any atom is 0.237 e. The Morgan fingerprint density at radius 2 is 2.44 bits per heavy atom. The van der Waals surface area contributed by atoms with E-state index in [9.17, 15) is 4.79 Å². The number of nitrogens with zero attached hydrogens (tertiary/aromatic N) is 1. The summed E-state index contributed by atoms with van der Waals surface area (Å²) in [5.41, 5.74) is 5.98. The summed E-state index contributed by atoms with van der Waals surface area (Å²) in [7, 11) is 1.52. The van der Waals surface area contributed by atoms with Crippen LogP contribution in [0.2, 0.25) is 0 Å². The molecule has 3 N–H and O–H groups in total. The molecule has 1 atom stereocenters. The minimum absolute atomic E-state index is 0.0725. The van der Waals surface area contributed by atoms with Gasteiger partial charge in [0.2, 0.25) is 11.8 Å². The molecule has 1 aromatic heterocycles. The van der Waals surface area contributed by atoms with Crippen LogP contribution >= 0.6 is 0 Å². The lowest BCUT2D eigenvalue weighted by Gasteiger charge is -2.12. The minimum Gasteiger partial charge on any atom is -0.480 e. The largest absolute Gasteiger partial charge is 0.480 e. The van der Waals surface area contributed by atoms with Crippen molar-refractivity contribution in [1.82, 2.24) is 4.98 Å². The van der Waals surface area contributed by atoms with Crippen molar-refractivity contribution in [3.8, 4) is 5.88 Å². The second-order valence-electron chi connectivity index (χ2n) is 3.53. The first-order valence-corrected chi connectivity index (χ1v) is 5.19. The van der Waals surface area contributed by atoms with E-state index in [0.717, 1.165) is 0 Å². The molecule has 0 aromatic carbocycles. The number of nitrogens with one attached hydrogen (secondary N) is 1. The zero-order chi connectivity index (χ0) is 12.0. The Morgan fingerprint density at radius 3 is 3.06 bits per heavy atom. The number of methoxy groups -OCH3 is 1. The summed E-state index contributed by atoms with van der Waals surface area (Å²) in [5, 5.41) is 2.76. The molecule has 1 heterocycles. The number of ether oxygens (including phenoxy) is 1. The number of amides is 1. The van der Waals surface area contributed by atoms with Gasteiger partial charge in [-0.3, -0.25) is 4.79 Å². The van der Waals surface area contributed by atoms with E-state index in [-0.39, 0.29) is 11.8 Å². The van der Waals surface area contributed by atoms with Crippen LogP contribution in [0.4, 0.5) is 5.69 Å². The molecule has 0 aliphatic heterocycles. The van der Waals surface area contributed by atoms with Crippen LogP contribution in [0.25, 0.3) is 0 Å². The molecule has 1 unspecified atom stereocenters. The van der Waals surface area contributed by atoms with Crippen LogP contribution in [-0.4, -0.2) is 24.5 Å². The lowest BCUT2D eigenvalue weighted by Crippen LogP contribution is -2.23. The summed E-state index contributed by atoms with van der Waals surface area (Å²) in [6.45, 7) is 2.34. The van der Waals surface area contributed by atoms with Crippen LogP contribution in [-0.2, 0) is 4.79 Å². The summed E-state index contributed by atoms with van der Waals surface area (Å²) in [6, 6.07) is 3.49. The van der Waals surface area contributed by atoms with Gasteiger partial charge in [-0.25, -0.2) is 4.98 Å². The Kier molecular flexibility index (Phi) is 4.72. The van der Waals surface area contributed by atoms with Crippen molar-refractivity contribution in [2.75, 3.05) is 19.0 Å². The predicted octanol–water partition coefficient (Wildman–Crippen LogP) is 1.01. The topological polar surface area (TPSA) is 77.2 Å². The fraction of sp³-hybridized carbons (Fsp3) is 0.455. The van der Waals surface area contributed by atoms with Crippen molar-refractivity contribution < 1.29 is 9.53 Å². The fourth-order valence-corrected chi connectivity index (χ4v) is 1.29. The van der Waals surface area contributed by atoms with Gasteiger partial charge in [0.1, 0.15) is 5.69 Å². The molecule has 0 aliphatic carbocycles. The minimum atomic E-state index is -0.116. The molecule has 0 saturated carbocycles. The molecular formula is C11H17N3O2. The number of nitrogens with two attached hydrogens (primary N) is 1. The van der Waals surface area contributed by atoms with Gasteiger partial charge in [0.15, 0.2) is 0 Å². The predicted molar refractivity (Wildman–Crippen MR) is 62.3 cm³/mol. The Balaban J connectivity index is 2.69. The number of anilines is 1. The average Bonchev–Trinajstić information content (AvgIpc) is 2.30. The number of rotatable bonds is 5. The molecule has 0 radical (unpaired) electrons. The number of aromatic nitrogens is 1. The summed E-state index contributed by atoms with van der Waals surface area (Å²) >= 11 is 0. The molecule has 1 amide bonds. The number of hydrogen-bond donors (Lipinski definition) is 2. The van der Waals surface area contributed by atoms with Crippen molar-refractivity contribution >= 4 is 11.6 Å². The van der Waals surface area contributed by atoms with Gasteiger partial charge < -0.3 is 15.8 Å². The molecular weight excluding hydrogens is 206 g/mol. The zero-order valence-corrected chi connectivity index (χ0v) is 9.56. The van der Waals surface area contributed by atoms with Gasteiger partial charge >= 0.3 is 0 Å². The van der Waals surface area contributed by atoms with E-state index in [0.29, 0.717) is 24.5 Å². The zero-order valence-electron chi connectivity index (χ0n) is 9.56. The number of pyridine rings is 1. The molecule has 1 rings (SSSR count). The van der Waals surface area contributed by atoms with Gasteiger partial charge in [-0.2, -0.15) is 0 Å². The van der Waals surface area contributed by atoms with Gasteiger partial charge in [-0.05, 0) is 25.1 Å². The Hall–Kier alpha value is -1.62. The maximum atomic E-state index is 11.7. The molecule has 0 aliphatic rings. The van der Waals surface area contributed by atoms with Gasteiger partial charge in [-0.1, -0.05) is 6.92 Å². The van der Waals surface area contributed by atoms with Crippen LogP contribution < -0.4 is 15.8 Å². The molecule has 88 valence electrons. The maximum absolute atomic E-state index is 11.7. The van der Waals surface area contributed by atoms with E-state index >= 15 is 0 Å². The molecule has 1 aromatic rings. The van der Waals surface area contributed by atoms with Gasteiger partial charge in [0.25, 0.3) is 0 Å². The summed E-state index contributed by atoms with van der Waals surface area (Å²) < 4.78 is 5.04. The molecule has 0 bridgehead atoms. The van der Waals surface area contributed by atoms with Crippen molar-refractivity contribution in [2.45, 2.75) is 13.3 Å². The molecule has 0 spiro atoms. The molecule has 5 heteroatoms. The molecule has 5 nitrogen and oxygen atoms in total. The molecule has 0 saturated heterocycles. The highest BCUT2D eigenvalue weighted by atomic mass is 16.5. The number of carbonyl (C=O) groups is 1. The van der Waals surface area contributed by atoms with E-state index in [4.69, 9.17) is 10.5 Å². The Labute approximate surface area is 95.0 Å². The van der Waals surface area contributed by atoms with Crippen LogP contribution in [0.1, 0.15) is 13.3 Å². The van der Waals surface area contributed by atoms with Gasteiger partial charge in [-0.15, -0.1) is 0 Å². The van der Waals surface area contributed by atoms with E-state index in [1.807, 2.05) is 6.92 Å². The Bertz CT molecular complexity index is 355. The smallest absolute Gasteiger partial charge is 0.237 e. The highest BCUT2D eigenvalue weighted by Crippen LogP contribution is 2.20. The highest BCUT2D eigenvalue weighted by Gasteiger charge is 2.14. The third-order valence-corrected chi connectivity index (χ3v) is 2.27. The quantitative estimate of drug-likeness (QED) is 0.781. The third kappa shape index (κ3) is 3.20. The second kappa shape index (κ2) is 6.07. The molecule has 16 heavy (non-hydrogen) atoms. The Morgan fingerprint density at radius 1 is 1.69 bits per heavy atom. The van der Waals surface area contributed by atoms with E-state index in [2.05, 4.69) is 10.3 Å². The van der Waals surface area contributed by atoms with Crippen molar-refractivity contribution in [2.24, 2.45) is 11.7 Å².